The van der Waals surface area contributed by atoms with Gasteiger partial charge in [-0.15, -0.1) is 0 Å². The first-order valence-corrected chi connectivity index (χ1v) is 9.53. The molecule has 8 heteroatoms. The van der Waals surface area contributed by atoms with E-state index in [4.69, 9.17) is 14.6 Å². The number of aliphatic hydroxyl groups excluding tert-OH is 1. The topological polar surface area (TPSA) is 50.7 Å². The second kappa shape index (κ2) is 10.8. The third-order valence-electron chi connectivity index (χ3n) is 4.38. The molecule has 0 aliphatic carbocycles. The molecular formula is C23H21F4NO3. The minimum Gasteiger partial charge on any atom is -0.489 e. The standard InChI is InChI=1S/C23H21F4NO3/c24-18-3-1-16(22(26)9-18)13-30-20-7-15(12-28-5-6-29)8-21(11-20)31-14-17-2-4-19(25)10-23(17)27/h1-4,7-11,28-29H,5-6,12-14H2. The number of nitrogens with one attached hydrogen (secondary N) is 1. The molecule has 0 spiro atoms. The fraction of sp³-hybridized carbons (Fsp3) is 0.217. The highest BCUT2D eigenvalue weighted by Crippen LogP contribution is 2.25. The summed E-state index contributed by atoms with van der Waals surface area (Å²) in [5.41, 5.74) is 1.11. The molecule has 0 unspecified atom stereocenters. The van der Waals surface area contributed by atoms with Crippen molar-refractivity contribution in [1.29, 1.82) is 0 Å². The molecule has 0 aliphatic heterocycles. The first-order valence-electron chi connectivity index (χ1n) is 9.53. The normalized spacial score (nSPS) is 10.9. The highest BCUT2D eigenvalue weighted by atomic mass is 19.1. The molecular weight excluding hydrogens is 414 g/mol. The highest BCUT2D eigenvalue weighted by Gasteiger charge is 2.09. The summed E-state index contributed by atoms with van der Waals surface area (Å²) in [6.07, 6.45) is 0. The lowest BCUT2D eigenvalue weighted by molar-refractivity contribution is 0.282. The molecule has 31 heavy (non-hydrogen) atoms. The Morgan fingerprint density at radius 1 is 0.710 bits per heavy atom. The van der Waals surface area contributed by atoms with Crippen molar-refractivity contribution in [1.82, 2.24) is 5.32 Å². The molecule has 0 saturated carbocycles. The number of aliphatic hydroxyl groups is 1. The van der Waals surface area contributed by atoms with Gasteiger partial charge in [0.05, 0.1) is 6.61 Å². The van der Waals surface area contributed by atoms with Gasteiger partial charge in [0.15, 0.2) is 0 Å². The molecule has 3 rings (SSSR count). The van der Waals surface area contributed by atoms with Crippen LogP contribution in [0.2, 0.25) is 0 Å². The predicted molar refractivity (Wildman–Crippen MR) is 107 cm³/mol. The van der Waals surface area contributed by atoms with Crippen molar-refractivity contribution in [3.05, 3.63) is 94.6 Å². The molecule has 0 aliphatic rings. The predicted octanol–water partition coefficient (Wildman–Crippen LogP) is 4.48. The average Bonchev–Trinajstić information content (AvgIpc) is 2.73. The van der Waals surface area contributed by atoms with Crippen molar-refractivity contribution in [2.45, 2.75) is 19.8 Å². The Morgan fingerprint density at radius 2 is 1.23 bits per heavy atom. The van der Waals surface area contributed by atoms with Crippen molar-refractivity contribution < 1.29 is 32.1 Å². The molecule has 0 bridgehead atoms. The Hall–Kier alpha value is -3.10. The molecule has 164 valence electrons. The van der Waals surface area contributed by atoms with Gasteiger partial charge in [-0.2, -0.15) is 0 Å². The number of hydrogen-bond donors (Lipinski definition) is 2. The molecule has 2 N–H and O–H groups in total. The van der Waals surface area contributed by atoms with E-state index in [9.17, 15) is 17.6 Å². The maximum Gasteiger partial charge on any atom is 0.132 e. The van der Waals surface area contributed by atoms with Gasteiger partial charge in [-0.3, -0.25) is 0 Å². The van der Waals surface area contributed by atoms with E-state index >= 15 is 0 Å². The SMILES string of the molecule is OCCNCc1cc(OCc2ccc(F)cc2F)cc(OCc2ccc(F)cc2F)c1. The molecule has 0 radical (unpaired) electrons. The van der Waals surface area contributed by atoms with Gasteiger partial charge < -0.3 is 19.9 Å². The van der Waals surface area contributed by atoms with Crippen molar-refractivity contribution in [3.8, 4) is 11.5 Å². The summed E-state index contributed by atoms with van der Waals surface area (Å²) in [5.74, 6) is -2.07. The van der Waals surface area contributed by atoms with E-state index in [2.05, 4.69) is 5.32 Å². The van der Waals surface area contributed by atoms with E-state index < -0.39 is 23.3 Å². The lowest BCUT2D eigenvalue weighted by atomic mass is 10.2. The van der Waals surface area contributed by atoms with E-state index in [-0.39, 0.29) is 30.9 Å². The second-order valence-corrected chi connectivity index (χ2v) is 6.76. The van der Waals surface area contributed by atoms with E-state index in [0.29, 0.717) is 24.6 Å². The van der Waals surface area contributed by atoms with Gasteiger partial charge in [0, 0.05) is 42.4 Å². The van der Waals surface area contributed by atoms with Crippen LogP contribution in [0.4, 0.5) is 17.6 Å². The minimum absolute atomic E-state index is 0.0345. The van der Waals surface area contributed by atoms with Crippen LogP contribution in [0.1, 0.15) is 16.7 Å². The second-order valence-electron chi connectivity index (χ2n) is 6.76. The van der Waals surface area contributed by atoms with E-state index in [1.54, 1.807) is 18.2 Å². The zero-order valence-electron chi connectivity index (χ0n) is 16.5. The molecule has 4 nitrogen and oxygen atoms in total. The van der Waals surface area contributed by atoms with Crippen molar-refractivity contribution in [2.75, 3.05) is 13.2 Å². The van der Waals surface area contributed by atoms with Crippen LogP contribution < -0.4 is 14.8 Å². The molecule has 0 saturated heterocycles. The largest absolute Gasteiger partial charge is 0.489 e. The molecule has 3 aromatic rings. The summed E-state index contributed by atoms with van der Waals surface area (Å²) < 4.78 is 65.1. The van der Waals surface area contributed by atoms with Crippen LogP contribution in [0, 0.1) is 23.3 Å². The first-order chi connectivity index (χ1) is 14.9. The van der Waals surface area contributed by atoms with Gasteiger partial charge in [0.1, 0.15) is 48.0 Å². The third-order valence-corrected chi connectivity index (χ3v) is 4.38. The number of ether oxygens (including phenoxy) is 2. The monoisotopic (exact) mass is 435 g/mol. The van der Waals surface area contributed by atoms with Crippen LogP contribution in [0.3, 0.4) is 0 Å². The Kier molecular flexibility index (Phi) is 7.86. The van der Waals surface area contributed by atoms with Gasteiger partial charge >= 0.3 is 0 Å². The fourth-order valence-corrected chi connectivity index (χ4v) is 2.81. The van der Waals surface area contributed by atoms with Gasteiger partial charge in [-0.1, -0.05) is 0 Å². The summed E-state index contributed by atoms with van der Waals surface area (Å²) in [6, 6.07) is 11.4. The van der Waals surface area contributed by atoms with Crippen molar-refractivity contribution in [3.63, 3.8) is 0 Å². The Labute approximate surface area is 177 Å². The van der Waals surface area contributed by atoms with Crippen LogP contribution >= 0.6 is 0 Å². The molecule has 0 heterocycles. The van der Waals surface area contributed by atoms with Crippen LogP contribution in [0.5, 0.6) is 11.5 Å². The highest BCUT2D eigenvalue weighted by molar-refractivity contribution is 5.39. The maximum absolute atomic E-state index is 13.9. The quantitative estimate of drug-likeness (QED) is 0.364. The summed E-state index contributed by atoms with van der Waals surface area (Å²) in [6.45, 7) is 0.470. The fourth-order valence-electron chi connectivity index (χ4n) is 2.81. The van der Waals surface area contributed by atoms with E-state index in [1.165, 1.54) is 12.1 Å². The van der Waals surface area contributed by atoms with Crippen molar-refractivity contribution >= 4 is 0 Å². The van der Waals surface area contributed by atoms with Gasteiger partial charge in [0.25, 0.3) is 0 Å². The lowest BCUT2D eigenvalue weighted by Crippen LogP contribution is -2.17. The summed E-state index contributed by atoms with van der Waals surface area (Å²) in [4.78, 5) is 0. The summed E-state index contributed by atoms with van der Waals surface area (Å²) in [5, 5.41) is 11.9. The zero-order chi connectivity index (χ0) is 22.2. The maximum atomic E-state index is 13.9. The Balaban J connectivity index is 1.74. The lowest BCUT2D eigenvalue weighted by Gasteiger charge is -2.14. The Bertz CT molecular complexity index is 956. The van der Waals surface area contributed by atoms with Crippen LogP contribution in [-0.2, 0) is 19.8 Å². The first kappa shape index (κ1) is 22.6. The van der Waals surface area contributed by atoms with Gasteiger partial charge in [0.2, 0.25) is 0 Å². The van der Waals surface area contributed by atoms with Gasteiger partial charge in [-0.05, 0) is 42.0 Å². The number of rotatable bonds is 10. The van der Waals surface area contributed by atoms with Crippen LogP contribution in [0.15, 0.2) is 54.6 Å². The molecule has 0 atom stereocenters. The van der Waals surface area contributed by atoms with Crippen molar-refractivity contribution in [2.24, 2.45) is 0 Å². The van der Waals surface area contributed by atoms with Crippen LogP contribution in [-0.4, -0.2) is 18.3 Å². The molecule has 3 aromatic carbocycles. The number of hydrogen-bond acceptors (Lipinski definition) is 4. The number of benzene rings is 3. The molecule has 0 aromatic heterocycles. The summed E-state index contributed by atoms with van der Waals surface area (Å²) in [7, 11) is 0. The van der Waals surface area contributed by atoms with E-state index in [1.807, 2.05) is 0 Å². The minimum atomic E-state index is -0.718. The van der Waals surface area contributed by atoms with Gasteiger partial charge in [-0.25, -0.2) is 17.6 Å². The average molecular weight is 435 g/mol. The Morgan fingerprint density at radius 3 is 1.68 bits per heavy atom. The zero-order valence-corrected chi connectivity index (χ0v) is 16.5. The third kappa shape index (κ3) is 6.70. The van der Waals surface area contributed by atoms with Crippen LogP contribution in [0.25, 0.3) is 0 Å². The van der Waals surface area contributed by atoms with E-state index in [0.717, 1.165) is 29.8 Å². The smallest absolute Gasteiger partial charge is 0.132 e. The number of halogens is 4. The summed E-state index contributed by atoms with van der Waals surface area (Å²) >= 11 is 0. The molecule has 0 amide bonds. The molecule has 0 fully saturated rings.